The molecule has 1 saturated carbocycles. The van der Waals surface area contributed by atoms with Gasteiger partial charge in [0.05, 0.1) is 17.6 Å². The maximum atomic E-state index is 8.92. The number of hydrogen-bond acceptors (Lipinski definition) is 3. The molecule has 94 valence electrons. The van der Waals surface area contributed by atoms with Crippen molar-refractivity contribution in [3.63, 3.8) is 0 Å². The predicted octanol–water partition coefficient (Wildman–Crippen LogP) is 3.08. The second kappa shape index (κ2) is 6.62. The predicted molar refractivity (Wildman–Crippen MR) is 68.1 cm³/mol. The van der Waals surface area contributed by atoms with E-state index < -0.39 is 0 Å². The molecular weight excluding hydrogens is 210 g/mol. The molecule has 0 unspecified atom stereocenters. The quantitative estimate of drug-likeness (QED) is 0.605. The van der Waals surface area contributed by atoms with Crippen molar-refractivity contribution in [2.24, 2.45) is 5.41 Å². The van der Waals surface area contributed by atoms with Gasteiger partial charge in [-0.1, -0.05) is 6.42 Å². The van der Waals surface area contributed by atoms with Crippen molar-refractivity contribution in [1.29, 1.82) is 10.5 Å². The van der Waals surface area contributed by atoms with E-state index in [1.165, 1.54) is 12.8 Å². The van der Waals surface area contributed by atoms with Gasteiger partial charge < -0.3 is 0 Å². The number of unbranched alkanes of at least 4 members (excludes halogenated alkanes) is 1. The molecule has 0 spiro atoms. The molecular formula is C14H23N3. The van der Waals surface area contributed by atoms with Crippen LogP contribution in [0.3, 0.4) is 0 Å². The molecule has 3 heteroatoms. The van der Waals surface area contributed by atoms with Crippen molar-refractivity contribution in [3.8, 4) is 12.1 Å². The fourth-order valence-electron chi connectivity index (χ4n) is 2.05. The normalized spacial score (nSPS) is 15.6. The second-order valence-electron chi connectivity index (χ2n) is 5.63. The highest BCUT2D eigenvalue weighted by Crippen LogP contribution is 2.28. The van der Waals surface area contributed by atoms with E-state index in [0.717, 1.165) is 38.4 Å². The minimum absolute atomic E-state index is 0.183. The Morgan fingerprint density at radius 3 is 2.41 bits per heavy atom. The highest BCUT2D eigenvalue weighted by molar-refractivity contribution is 4.91. The van der Waals surface area contributed by atoms with E-state index in [0.29, 0.717) is 6.42 Å². The Labute approximate surface area is 105 Å². The van der Waals surface area contributed by atoms with Crippen LogP contribution in [-0.4, -0.2) is 24.0 Å². The summed E-state index contributed by atoms with van der Waals surface area (Å²) in [5.74, 6) is 0. The first-order valence-electron chi connectivity index (χ1n) is 6.61. The van der Waals surface area contributed by atoms with E-state index in [2.05, 4.69) is 17.0 Å². The fraction of sp³-hybridized carbons (Fsp3) is 0.857. The molecule has 0 aromatic carbocycles. The number of nitriles is 2. The lowest BCUT2D eigenvalue weighted by molar-refractivity contribution is 0.258. The van der Waals surface area contributed by atoms with Crippen LogP contribution in [0.5, 0.6) is 0 Å². The van der Waals surface area contributed by atoms with E-state index in [1.807, 2.05) is 13.8 Å². The van der Waals surface area contributed by atoms with Crippen LogP contribution >= 0.6 is 0 Å². The lowest BCUT2D eigenvalue weighted by atomic mass is 9.89. The number of hydrogen-bond donors (Lipinski definition) is 0. The number of nitrogens with zero attached hydrogens (tertiary/aromatic N) is 3. The summed E-state index contributed by atoms with van der Waals surface area (Å²) in [4.78, 5) is 2.45. The summed E-state index contributed by atoms with van der Waals surface area (Å²) >= 11 is 0. The maximum Gasteiger partial charge on any atom is 0.0683 e. The van der Waals surface area contributed by atoms with E-state index in [-0.39, 0.29) is 5.41 Å². The third-order valence-corrected chi connectivity index (χ3v) is 3.37. The Morgan fingerprint density at radius 2 is 1.88 bits per heavy atom. The van der Waals surface area contributed by atoms with Crippen LogP contribution in [0.2, 0.25) is 0 Å². The molecule has 1 fully saturated rings. The van der Waals surface area contributed by atoms with E-state index >= 15 is 0 Å². The summed E-state index contributed by atoms with van der Waals surface area (Å²) in [6, 6.07) is 5.30. The SMILES string of the molecule is CC(C)(C#N)CCCCN(CCC#N)C1CC1. The molecule has 1 aliphatic rings. The summed E-state index contributed by atoms with van der Waals surface area (Å²) < 4.78 is 0. The standard InChI is InChI=1S/C14H23N3/c1-14(2,12-16)8-3-4-10-17(11-5-9-15)13-6-7-13/h13H,3-8,10-11H2,1-2H3. The topological polar surface area (TPSA) is 50.8 Å². The molecule has 0 saturated heterocycles. The van der Waals surface area contributed by atoms with Crippen LogP contribution in [0.1, 0.15) is 52.4 Å². The summed E-state index contributed by atoms with van der Waals surface area (Å²) in [6.45, 7) is 6.01. The van der Waals surface area contributed by atoms with Gasteiger partial charge in [-0.3, -0.25) is 4.90 Å². The molecule has 0 aromatic rings. The van der Waals surface area contributed by atoms with Gasteiger partial charge in [-0.15, -0.1) is 0 Å². The second-order valence-corrected chi connectivity index (χ2v) is 5.63. The smallest absolute Gasteiger partial charge is 0.0683 e. The van der Waals surface area contributed by atoms with Gasteiger partial charge in [0.2, 0.25) is 0 Å². The molecule has 0 aromatic heterocycles. The molecule has 0 bridgehead atoms. The van der Waals surface area contributed by atoms with Gasteiger partial charge in [-0.05, 0) is 46.1 Å². The van der Waals surface area contributed by atoms with E-state index in [1.54, 1.807) is 0 Å². The zero-order valence-corrected chi connectivity index (χ0v) is 11.1. The number of rotatable bonds is 8. The van der Waals surface area contributed by atoms with Crippen molar-refractivity contribution >= 4 is 0 Å². The Balaban J connectivity index is 2.15. The average Bonchev–Trinajstić information content (AvgIpc) is 3.12. The summed E-state index contributed by atoms with van der Waals surface area (Å²) in [6.07, 6.45) is 6.47. The van der Waals surface area contributed by atoms with Gasteiger partial charge in [-0.2, -0.15) is 10.5 Å². The summed E-state index contributed by atoms with van der Waals surface area (Å²) in [7, 11) is 0. The van der Waals surface area contributed by atoms with Gasteiger partial charge in [-0.25, -0.2) is 0 Å². The Kier molecular flexibility index (Phi) is 5.45. The highest BCUT2D eigenvalue weighted by Gasteiger charge is 2.28. The van der Waals surface area contributed by atoms with E-state index in [4.69, 9.17) is 10.5 Å². The van der Waals surface area contributed by atoms with Crippen LogP contribution in [-0.2, 0) is 0 Å². The third kappa shape index (κ3) is 5.71. The van der Waals surface area contributed by atoms with E-state index in [9.17, 15) is 0 Å². The molecule has 0 radical (unpaired) electrons. The minimum Gasteiger partial charge on any atom is -0.299 e. The average molecular weight is 233 g/mol. The van der Waals surface area contributed by atoms with Crippen molar-refractivity contribution < 1.29 is 0 Å². The van der Waals surface area contributed by atoms with Crippen molar-refractivity contribution in [3.05, 3.63) is 0 Å². The Morgan fingerprint density at radius 1 is 1.18 bits per heavy atom. The van der Waals surface area contributed by atoms with Gasteiger partial charge in [0.15, 0.2) is 0 Å². The van der Waals surface area contributed by atoms with Crippen LogP contribution < -0.4 is 0 Å². The first-order valence-corrected chi connectivity index (χ1v) is 6.61. The van der Waals surface area contributed by atoms with Crippen LogP contribution in [0.25, 0.3) is 0 Å². The molecule has 0 aliphatic heterocycles. The van der Waals surface area contributed by atoms with Crippen molar-refractivity contribution in [1.82, 2.24) is 4.90 Å². The lowest BCUT2D eigenvalue weighted by Crippen LogP contribution is -2.28. The van der Waals surface area contributed by atoms with Gasteiger partial charge in [0.1, 0.15) is 0 Å². The highest BCUT2D eigenvalue weighted by atomic mass is 15.2. The Bertz CT molecular complexity index is 304. The zero-order valence-electron chi connectivity index (χ0n) is 11.1. The molecule has 17 heavy (non-hydrogen) atoms. The van der Waals surface area contributed by atoms with Crippen molar-refractivity contribution in [2.45, 2.75) is 58.4 Å². The van der Waals surface area contributed by atoms with Gasteiger partial charge >= 0.3 is 0 Å². The third-order valence-electron chi connectivity index (χ3n) is 3.37. The maximum absolute atomic E-state index is 8.92. The zero-order chi connectivity index (χ0) is 12.7. The fourth-order valence-corrected chi connectivity index (χ4v) is 2.05. The van der Waals surface area contributed by atoms with Crippen LogP contribution in [0.4, 0.5) is 0 Å². The first kappa shape index (κ1) is 14.0. The lowest BCUT2D eigenvalue weighted by Gasteiger charge is -2.21. The summed E-state index contributed by atoms with van der Waals surface area (Å²) in [5.41, 5.74) is -0.183. The molecule has 0 atom stereocenters. The molecule has 1 rings (SSSR count). The molecule has 0 amide bonds. The van der Waals surface area contributed by atoms with Crippen molar-refractivity contribution in [2.75, 3.05) is 13.1 Å². The largest absolute Gasteiger partial charge is 0.299 e. The summed E-state index contributed by atoms with van der Waals surface area (Å²) in [5, 5.41) is 17.5. The van der Waals surface area contributed by atoms with Gasteiger partial charge in [0.25, 0.3) is 0 Å². The Hall–Kier alpha value is -1.06. The van der Waals surface area contributed by atoms with Gasteiger partial charge in [0, 0.05) is 19.0 Å². The minimum atomic E-state index is -0.183. The molecule has 0 heterocycles. The van der Waals surface area contributed by atoms with Crippen LogP contribution in [0.15, 0.2) is 0 Å². The molecule has 0 N–H and O–H groups in total. The molecule has 3 nitrogen and oxygen atoms in total. The van der Waals surface area contributed by atoms with Crippen LogP contribution in [0, 0.1) is 28.1 Å². The molecule has 1 aliphatic carbocycles. The first-order chi connectivity index (χ1) is 8.09. The monoisotopic (exact) mass is 233 g/mol.